The van der Waals surface area contributed by atoms with Crippen LogP contribution in [0.2, 0.25) is 0 Å². The molecule has 4 heteroatoms. The van der Waals surface area contributed by atoms with Crippen molar-refractivity contribution in [2.75, 3.05) is 13.7 Å². The standard InChI is InChI=1S/C14H19NO3/c1-5-8-10-14(11-9-6-2,13(17)18-4)12(16)15-7-3/h7,10-11H2,1-4H3,(H,15,16). The Labute approximate surface area is 108 Å². The van der Waals surface area contributed by atoms with Gasteiger partial charge in [0.2, 0.25) is 5.91 Å². The van der Waals surface area contributed by atoms with Gasteiger partial charge in [-0.2, -0.15) is 0 Å². The van der Waals surface area contributed by atoms with E-state index in [0.717, 1.165) is 0 Å². The molecule has 0 aliphatic carbocycles. The summed E-state index contributed by atoms with van der Waals surface area (Å²) in [7, 11) is 1.26. The first kappa shape index (κ1) is 16.1. The van der Waals surface area contributed by atoms with Crippen molar-refractivity contribution in [3.63, 3.8) is 0 Å². The lowest BCUT2D eigenvalue weighted by Gasteiger charge is -2.25. The normalized spacial score (nSPS) is 9.33. The first-order chi connectivity index (χ1) is 8.58. The van der Waals surface area contributed by atoms with Crippen LogP contribution in [-0.2, 0) is 14.3 Å². The van der Waals surface area contributed by atoms with Gasteiger partial charge in [-0.1, -0.05) is 0 Å². The number of esters is 1. The number of ether oxygens (including phenoxy) is 1. The maximum absolute atomic E-state index is 12.1. The molecule has 0 aliphatic heterocycles. The van der Waals surface area contributed by atoms with E-state index in [2.05, 4.69) is 29.0 Å². The molecule has 0 heterocycles. The third kappa shape index (κ3) is 3.82. The summed E-state index contributed by atoms with van der Waals surface area (Å²) in [6, 6.07) is 0. The highest BCUT2D eigenvalue weighted by Gasteiger charge is 2.45. The van der Waals surface area contributed by atoms with Crippen LogP contribution in [-0.4, -0.2) is 25.5 Å². The highest BCUT2D eigenvalue weighted by atomic mass is 16.5. The minimum Gasteiger partial charge on any atom is -0.468 e. The topological polar surface area (TPSA) is 55.4 Å². The number of amides is 1. The summed E-state index contributed by atoms with van der Waals surface area (Å²) in [6.07, 6.45) is 0.216. The lowest BCUT2D eigenvalue weighted by Crippen LogP contribution is -2.47. The van der Waals surface area contributed by atoms with E-state index < -0.39 is 11.4 Å². The third-order valence-electron chi connectivity index (χ3n) is 2.48. The second-order valence-corrected chi connectivity index (χ2v) is 3.64. The number of carbonyl (C=O) groups excluding carboxylic acids is 2. The lowest BCUT2D eigenvalue weighted by atomic mass is 9.80. The first-order valence-corrected chi connectivity index (χ1v) is 5.75. The molecule has 1 N–H and O–H groups in total. The predicted octanol–water partition coefficient (Wildman–Crippen LogP) is 1.11. The molecule has 0 aromatic rings. The minimum absolute atomic E-state index is 0.108. The number of hydrogen-bond donors (Lipinski definition) is 1. The van der Waals surface area contributed by atoms with Crippen molar-refractivity contribution in [1.82, 2.24) is 5.32 Å². The molecule has 1 amide bonds. The van der Waals surface area contributed by atoms with Crippen LogP contribution >= 0.6 is 0 Å². The molecule has 0 aromatic carbocycles. The summed E-state index contributed by atoms with van der Waals surface area (Å²) in [5, 5.41) is 2.64. The fourth-order valence-electron chi connectivity index (χ4n) is 1.46. The molecule has 0 spiro atoms. The second kappa shape index (κ2) is 8.20. The van der Waals surface area contributed by atoms with Crippen LogP contribution in [0.3, 0.4) is 0 Å². The van der Waals surface area contributed by atoms with Crippen molar-refractivity contribution in [2.24, 2.45) is 5.41 Å². The Balaban J connectivity index is 5.46. The average Bonchev–Trinajstić information content (AvgIpc) is 2.38. The highest BCUT2D eigenvalue weighted by Crippen LogP contribution is 2.28. The van der Waals surface area contributed by atoms with Gasteiger partial charge in [0.05, 0.1) is 7.11 Å². The molecule has 0 unspecified atom stereocenters. The molecule has 0 saturated carbocycles. The van der Waals surface area contributed by atoms with Crippen molar-refractivity contribution in [3.05, 3.63) is 0 Å². The van der Waals surface area contributed by atoms with Gasteiger partial charge in [0.1, 0.15) is 0 Å². The van der Waals surface area contributed by atoms with E-state index in [4.69, 9.17) is 4.74 Å². The zero-order valence-electron chi connectivity index (χ0n) is 11.3. The van der Waals surface area contributed by atoms with E-state index in [1.165, 1.54) is 7.11 Å². The summed E-state index contributed by atoms with van der Waals surface area (Å²) < 4.78 is 4.74. The molecule has 0 fully saturated rings. The molecular weight excluding hydrogens is 230 g/mol. The molecule has 0 saturated heterocycles. The molecule has 0 bridgehead atoms. The van der Waals surface area contributed by atoms with Gasteiger partial charge in [-0.05, 0) is 20.8 Å². The summed E-state index contributed by atoms with van der Waals surface area (Å²) in [6.45, 7) is 5.55. The largest absolute Gasteiger partial charge is 0.468 e. The van der Waals surface area contributed by atoms with Crippen LogP contribution < -0.4 is 5.32 Å². The van der Waals surface area contributed by atoms with Crippen LogP contribution in [0, 0.1) is 29.1 Å². The fourth-order valence-corrected chi connectivity index (χ4v) is 1.46. The Morgan fingerprint density at radius 1 is 1.17 bits per heavy atom. The number of nitrogens with one attached hydrogen (secondary N) is 1. The highest BCUT2D eigenvalue weighted by molar-refractivity contribution is 6.03. The smallest absolute Gasteiger partial charge is 0.323 e. The maximum atomic E-state index is 12.1. The van der Waals surface area contributed by atoms with Gasteiger partial charge in [0.15, 0.2) is 5.41 Å². The summed E-state index contributed by atoms with van der Waals surface area (Å²) >= 11 is 0. The monoisotopic (exact) mass is 249 g/mol. The van der Waals surface area contributed by atoms with E-state index in [9.17, 15) is 9.59 Å². The van der Waals surface area contributed by atoms with Crippen molar-refractivity contribution < 1.29 is 14.3 Å². The van der Waals surface area contributed by atoms with Crippen LogP contribution in [0.5, 0.6) is 0 Å². The summed E-state index contributed by atoms with van der Waals surface area (Å²) in [5.41, 5.74) is -1.34. The molecule has 18 heavy (non-hydrogen) atoms. The van der Waals surface area contributed by atoms with Crippen LogP contribution in [0.4, 0.5) is 0 Å². The molecule has 0 atom stereocenters. The Kier molecular flexibility index (Phi) is 7.31. The van der Waals surface area contributed by atoms with Crippen LogP contribution in [0.1, 0.15) is 33.6 Å². The zero-order chi connectivity index (χ0) is 14.0. The number of hydrogen-bond acceptors (Lipinski definition) is 3. The molecular formula is C14H19NO3. The Morgan fingerprint density at radius 2 is 1.67 bits per heavy atom. The minimum atomic E-state index is -1.34. The molecule has 0 radical (unpaired) electrons. The molecule has 0 aliphatic rings. The van der Waals surface area contributed by atoms with Gasteiger partial charge in [-0.15, -0.1) is 23.7 Å². The SMILES string of the molecule is CC#CCC(CC#CC)(C(=O)NCC)C(=O)OC. The van der Waals surface area contributed by atoms with Gasteiger partial charge < -0.3 is 10.1 Å². The van der Waals surface area contributed by atoms with E-state index in [-0.39, 0.29) is 18.7 Å². The van der Waals surface area contributed by atoms with Crippen molar-refractivity contribution in [3.8, 4) is 23.7 Å². The van der Waals surface area contributed by atoms with Crippen LogP contribution in [0.25, 0.3) is 0 Å². The Morgan fingerprint density at radius 3 is 2.00 bits per heavy atom. The van der Waals surface area contributed by atoms with E-state index in [0.29, 0.717) is 6.54 Å². The molecule has 98 valence electrons. The summed E-state index contributed by atoms with van der Waals surface area (Å²) in [5.74, 6) is 9.94. The Hall–Kier alpha value is -1.94. The number of rotatable bonds is 5. The maximum Gasteiger partial charge on any atom is 0.323 e. The van der Waals surface area contributed by atoms with Gasteiger partial charge in [0, 0.05) is 19.4 Å². The van der Waals surface area contributed by atoms with Gasteiger partial charge in [-0.25, -0.2) is 0 Å². The Bertz CT molecular complexity index is 396. The van der Waals surface area contributed by atoms with E-state index in [1.54, 1.807) is 20.8 Å². The zero-order valence-corrected chi connectivity index (χ0v) is 11.3. The molecule has 0 rings (SSSR count). The second-order valence-electron chi connectivity index (χ2n) is 3.64. The van der Waals surface area contributed by atoms with Gasteiger partial charge in [0.25, 0.3) is 0 Å². The third-order valence-corrected chi connectivity index (χ3v) is 2.48. The van der Waals surface area contributed by atoms with Gasteiger partial charge >= 0.3 is 5.97 Å². The van der Waals surface area contributed by atoms with E-state index in [1.807, 2.05) is 0 Å². The van der Waals surface area contributed by atoms with Crippen LogP contribution in [0.15, 0.2) is 0 Å². The molecule has 0 aromatic heterocycles. The predicted molar refractivity (Wildman–Crippen MR) is 69.3 cm³/mol. The van der Waals surface area contributed by atoms with Crippen molar-refractivity contribution in [2.45, 2.75) is 33.6 Å². The molecule has 4 nitrogen and oxygen atoms in total. The van der Waals surface area contributed by atoms with Gasteiger partial charge in [-0.3, -0.25) is 9.59 Å². The van der Waals surface area contributed by atoms with Crippen molar-refractivity contribution >= 4 is 11.9 Å². The number of carbonyl (C=O) groups is 2. The van der Waals surface area contributed by atoms with E-state index >= 15 is 0 Å². The summed E-state index contributed by atoms with van der Waals surface area (Å²) in [4.78, 5) is 24.1. The first-order valence-electron chi connectivity index (χ1n) is 5.75. The number of methoxy groups -OCH3 is 1. The quantitative estimate of drug-likeness (QED) is 0.451. The van der Waals surface area contributed by atoms with Crippen molar-refractivity contribution in [1.29, 1.82) is 0 Å². The average molecular weight is 249 g/mol. The fraction of sp³-hybridized carbons (Fsp3) is 0.571. The lowest BCUT2D eigenvalue weighted by molar-refractivity contribution is -0.158.